The molecule has 0 radical (unpaired) electrons. The first-order chi connectivity index (χ1) is 15.8. The molecule has 1 amide bonds. The number of amides is 1. The predicted molar refractivity (Wildman–Crippen MR) is 128 cm³/mol. The summed E-state index contributed by atoms with van der Waals surface area (Å²) in [5, 5.41) is 3.07. The highest BCUT2D eigenvalue weighted by Crippen LogP contribution is 2.30. The van der Waals surface area contributed by atoms with Crippen molar-refractivity contribution in [3.05, 3.63) is 35.9 Å². The predicted octanol–water partition coefficient (Wildman–Crippen LogP) is 6.03. The molecule has 1 N–H and O–H groups in total. The van der Waals surface area contributed by atoms with E-state index in [2.05, 4.69) is 5.32 Å². The van der Waals surface area contributed by atoms with Crippen molar-refractivity contribution in [3.8, 4) is 0 Å². The number of ether oxygens (including phenoxy) is 3. The SMILES string of the molecule is CC(C)(C)OC(=O)N[C@@H](CC1CCCCC1)[C@H](CC(=O)c1ccccc1)OC1CCCCO1. The highest BCUT2D eigenvalue weighted by Gasteiger charge is 2.33. The average molecular weight is 460 g/mol. The molecule has 1 aromatic rings. The molecule has 6 heteroatoms. The van der Waals surface area contributed by atoms with Crippen LogP contribution in [0.2, 0.25) is 0 Å². The van der Waals surface area contributed by atoms with Gasteiger partial charge < -0.3 is 19.5 Å². The third-order valence-corrected chi connectivity index (χ3v) is 6.41. The fraction of sp³-hybridized carbons (Fsp3) is 0.704. The van der Waals surface area contributed by atoms with Gasteiger partial charge in [0.1, 0.15) is 5.60 Å². The second kappa shape index (κ2) is 12.5. The number of hydrogen-bond donors (Lipinski definition) is 1. The Balaban J connectivity index is 1.79. The summed E-state index contributed by atoms with van der Waals surface area (Å²) in [7, 11) is 0. The Kier molecular flexibility index (Phi) is 9.75. The molecule has 3 atom stereocenters. The molecule has 1 aromatic carbocycles. The van der Waals surface area contributed by atoms with E-state index in [1.165, 1.54) is 19.3 Å². The summed E-state index contributed by atoms with van der Waals surface area (Å²) in [5.74, 6) is 0.514. The molecule has 2 fully saturated rings. The van der Waals surface area contributed by atoms with E-state index in [1.807, 2.05) is 51.1 Å². The molecular formula is C27H41NO5. The third kappa shape index (κ3) is 9.09. The number of carbonyl (C=O) groups excluding carboxylic acids is 2. The first kappa shape index (κ1) is 25.7. The van der Waals surface area contributed by atoms with Crippen LogP contribution in [0, 0.1) is 5.92 Å². The van der Waals surface area contributed by atoms with E-state index in [0.717, 1.165) is 38.5 Å². The Morgan fingerprint density at radius 3 is 2.36 bits per heavy atom. The average Bonchev–Trinajstić information content (AvgIpc) is 2.79. The lowest BCUT2D eigenvalue weighted by Crippen LogP contribution is -2.49. The number of ketones is 1. The molecule has 1 aliphatic carbocycles. The molecule has 1 aliphatic heterocycles. The summed E-state index contributed by atoms with van der Waals surface area (Å²) < 4.78 is 17.8. The lowest BCUT2D eigenvalue weighted by molar-refractivity contribution is -0.193. The maximum atomic E-state index is 13.1. The molecule has 184 valence electrons. The monoisotopic (exact) mass is 459 g/mol. The number of Topliss-reactive ketones (excluding diaryl/α,β-unsaturated/α-hetero) is 1. The molecule has 1 saturated heterocycles. The van der Waals surface area contributed by atoms with E-state index >= 15 is 0 Å². The van der Waals surface area contributed by atoms with Crippen molar-refractivity contribution in [2.75, 3.05) is 6.61 Å². The number of nitrogens with one attached hydrogen (secondary N) is 1. The van der Waals surface area contributed by atoms with Crippen LogP contribution >= 0.6 is 0 Å². The van der Waals surface area contributed by atoms with Crippen LogP contribution in [0.15, 0.2) is 30.3 Å². The van der Waals surface area contributed by atoms with Gasteiger partial charge in [-0.15, -0.1) is 0 Å². The number of carbonyl (C=O) groups is 2. The van der Waals surface area contributed by atoms with E-state index in [-0.39, 0.29) is 24.5 Å². The zero-order chi connectivity index (χ0) is 23.7. The van der Waals surface area contributed by atoms with Crippen molar-refractivity contribution in [2.24, 2.45) is 5.92 Å². The van der Waals surface area contributed by atoms with Gasteiger partial charge in [0.2, 0.25) is 0 Å². The summed E-state index contributed by atoms with van der Waals surface area (Å²) in [6, 6.07) is 8.97. The summed E-state index contributed by atoms with van der Waals surface area (Å²) in [6.07, 6.45) is 8.53. The minimum absolute atomic E-state index is 0.0102. The van der Waals surface area contributed by atoms with Crippen LogP contribution in [0.25, 0.3) is 0 Å². The van der Waals surface area contributed by atoms with Crippen molar-refractivity contribution >= 4 is 11.9 Å². The van der Waals surface area contributed by atoms with Gasteiger partial charge in [0.25, 0.3) is 0 Å². The van der Waals surface area contributed by atoms with Gasteiger partial charge in [-0.25, -0.2) is 4.79 Å². The molecule has 2 aliphatic rings. The summed E-state index contributed by atoms with van der Waals surface area (Å²) >= 11 is 0. The minimum atomic E-state index is -0.595. The van der Waals surface area contributed by atoms with Crippen LogP contribution in [-0.4, -0.2) is 42.5 Å². The summed E-state index contributed by atoms with van der Waals surface area (Å²) in [6.45, 7) is 6.22. The van der Waals surface area contributed by atoms with Gasteiger partial charge in [-0.1, -0.05) is 62.4 Å². The second-order valence-electron chi connectivity index (χ2n) is 10.5. The van der Waals surface area contributed by atoms with Crippen LogP contribution in [-0.2, 0) is 14.2 Å². The lowest BCUT2D eigenvalue weighted by Gasteiger charge is -2.35. The zero-order valence-corrected chi connectivity index (χ0v) is 20.5. The molecular weight excluding hydrogens is 418 g/mol. The van der Waals surface area contributed by atoms with E-state index in [4.69, 9.17) is 14.2 Å². The third-order valence-electron chi connectivity index (χ3n) is 6.41. The van der Waals surface area contributed by atoms with Crippen LogP contribution in [0.5, 0.6) is 0 Å². The number of rotatable bonds is 9. The van der Waals surface area contributed by atoms with E-state index in [1.54, 1.807) is 0 Å². The van der Waals surface area contributed by atoms with Crippen LogP contribution < -0.4 is 5.32 Å². The van der Waals surface area contributed by atoms with Crippen LogP contribution in [0.3, 0.4) is 0 Å². The molecule has 0 bridgehead atoms. The largest absolute Gasteiger partial charge is 0.444 e. The van der Waals surface area contributed by atoms with Crippen LogP contribution in [0.4, 0.5) is 4.79 Å². The highest BCUT2D eigenvalue weighted by molar-refractivity contribution is 5.96. The van der Waals surface area contributed by atoms with Crippen molar-refractivity contribution in [1.82, 2.24) is 5.32 Å². The van der Waals surface area contributed by atoms with Gasteiger partial charge in [-0.2, -0.15) is 0 Å². The van der Waals surface area contributed by atoms with Crippen LogP contribution in [0.1, 0.15) is 95.3 Å². The quantitative estimate of drug-likeness (QED) is 0.456. The summed E-state index contributed by atoms with van der Waals surface area (Å²) in [5.41, 5.74) is 0.0617. The molecule has 0 spiro atoms. The second-order valence-corrected chi connectivity index (χ2v) is 10.5. The van der Waals surface area contributed by atoms with Gasteiger partial charge in [0, 0.05) is 18.6 Å². The van der Waals surface area contributed by atoms with Gasteiger partial charge in [-0.3, -0.25) is 4.79 Å². The Hall–Kier alpha value is -1.92. The molecule has 6 nitrogen and oxygen atoms in total. The first-order valence-corrected chi connectivity index (χ1v) is 12.6. The summed E-state index contributed by atoms with van der Waals surface area (Å²) in [4.78, 5) is 25.9. The van der Waals surface area contributed by atoms with Crippen molar-refractivity contribution in [2.45, 2.75) is 109 Å². The fourth-order valence-corrected chi connectivity index (χ4v) is 4.77. The smallest absolute Gasteiger partial charge is 0.407 e. The number of benzene rings is 1. The van der Waals surface area contributed by atoms with Gasteiger partial charge >= 0.3 is 6.09 Å². The Bertz CT molecular complexity index is 733. The molecule has 1 unspecified atom stereocenters. The molecule has 33 heavy (non-hydrogen) atoms. The van der Waals surface area contributed by atoms with E-state index in [0.29, 0.717) is 18.1 Å². The molecule has 0 aromatic heterocycles. The topological polar surface area (TPSA) is 73.9 Å². The normalized spacial score (nSPS) is 21.7. The van der Waals surface area contributed by atoms with Gasteiger partial charge in [-0.05, 0) is 52.4 Å². The van der Waals surface area contributed by atoms with Crippen molar-refractivity contribution in [3.63, 3.8) is 0 Å². The Morgan fingerprint density at radius 1 is 1.03 bits per heavy atom. The maximum Gasteiger partial charge on any atom is 0.407 e. The Morgan fingerprint density at radius 2 is 1.73 bits per heavy atom. The van der Waals surface area contributed by atoms with E-state index in [9.17, 15) is 9.59 Å². The highest BCUT2D eigenvalue weighted by atomic mass is 16.7. The molecule has 1 saturated carbocycles. The fourth-order valence-electron chi connectivity index (χ4n) is 4.77. The first-order valence-electron chi connectivity index (χ1n) is 12.6. The molecule has 1 heterocycles. The molecule has 3 rings (SSSR count). The number of hydrogen-bond acceptors (Lipinski definition) is 5. The van der Waals surface area contributed by atoms with Crippen molar-refractivity contribution < 1.29 is 23.8 Å². The zero-order valence-electron chi connectivity index (χ0n) is 20.5. The number of alkyl carbamates (subject to hydrolysis) is 1. The minimum Gasteiger partial charge on any atom is -0.444 e. The standard InChI is InChI=1S/C27H41NO5/c1-27(2,3)33-26(30)28-22(18-20-12-6-4-7-13-20)24(32-25-16-10-11-17-31-25)19-23(29)21-14-8-5-9-15-21/h5,8-9,14-15,20,22,24-25H,4,6-7,10-13,16-19H2,1-3H3,(H,28,30)/t22-,24-,25?/m0/s1. The van der Waals surface area contributed by atoms with Gasteiger partial charge in [0.15, 0.2) is 12.1 Å². The Labute approximate surface area is 198 Å². The van der Waals surface area contributed by atoms with E-state index < -0.39 is 17.8 Å². The van der Waals surface area contributed by atoms with Crippen molar-refractivity contribution in [1.29, 1.82) is 0 Å². The van der Waals surface area contributed by atoms with Gasteiger partial charge in [0.05, 0.1) is 12.1 Å². The maximum absolute atomic E-state index is 13.1. The lowest BCUT2D eigenvalue weighted by atomic mass is 9.83.